The fraction of sp³-hybridized carbons (Fsp3) is 0.250. The van der Waals surface area contributed by atoms with Crippen LogP contribution in [-0.2, 0) is 10.0 Å². The zero-order valence-electron chi connectivity index (χ0n) is 15.6. The monoisotopic (exact) mass is 417 g/mol. The molecule has 0 amide bonds. The molecular weight excluding hydrogens is 394 g/mol. The smallest absolute Gasteiger partial charge is 0.236 e. The number of sulfonamides is 1. The quantitative estimate of drug-likeness (QED) is 0.755. The lowest BCUT2D eigenvalue weighted by Crippen LogP contribution is -2.51. The van der Waals surface area contributed by atoms with Gasteiger partial charge >= 0.3 is 0 Å². The van der Waals surface area contributed by atoms with Crippen LogP contribution in [0.1, 0.15) is 5.56 Å². The highest BCUT2D eigenvalue weighted by atomic mass is 32.2. The molecule has 28 heavy (non-hydrogen) atoms. The first kappa shape index (κ1) is 20.3. The lowest BCUT2D eigenvalue weighted by molar-refractivity contribution is 0.270. The van der Waals surface area contributed by atoms with Crippen molar-refractivity contribution in [1.82, 2.24) is 9.21 Å². The maximum absolute atomic E-state index is 12.5. The molecule has 1 saturated heterocycles. The minimum Gasteiger partial charge on any atom is -0.497 e. The van der Waals surface area contributed by atoms with E-state index >= 15 is 0 Å². The second-order valence-electron chi connectivity index (χ2n) is 6.30. The Labute approximate surface area is 171 Å². The molecule has 0 aliphatic carbocycles. The van der Waals surface area contributed by atoms with Crippen molar-refractivity contribution in [3.05, 3.63) is 65.6 Å². The Morgan fingerprint density at radius 2 is 1.68 bits per heavy atom. The summed E-state index contributed by atoms with van der Waals surface area (Å²) in [5.41, 5.74) is 1.72. The SMILES string of the molecule is COc1ccc(NC(=S)N2CCN(S(=O)(=O)/C=C/c3ccccc3)CC2)cc1. The van der Waals surface area contributed by atoms with Crippen molar-refractivity contribution in [3.8, 4) is 5.75 Å². The van der Waals surface area contributed by atoms with E-state index in [0.717, 1.165) is 17.0 Å². The highest BCUT2D eigenvalue weighted by molar-refractivity contribution is 7.92. The number of piperazine rings is 1. The fourth-order valence-corrected chi connectivity index (χ4v) is 4.31. The van der Waals surface area contributed by atoms with E-state index in [2.05, 4.69) is 5.32 Å². The molecule has 0 saturated carbocycles. The Bertz CT molecular complexity index is 921. The normalized spacial score (nSPS) is 15.5. The van der Waals surface area contributed by atoms with E-state index in [1.54, 1.807) is 13.2 Å². The molecule has 1 heterocycles. The summed E-state index contributed by atoms with van der Waals surface area (Å²) in [7, 11) is -1.83. The molecule has 6 nitrogen and oxygen atoms in total. The van der Waals surface area contributed by atoms with E-state index in [4.69, 9.17) is 17.0 Å². The van der Waals surface area contributed by atoms with Crippen LogP contribution in [0, 0.1) is 0 Å². The van der Waals surface area contributed by atoms with Crippen LogP contribution in [0.25, 0.3) is 6.08 Å². The molecule has 2 aromatic carbocycles. The molecule has 8 heteroatoms. The number of hydrogen-bond acceptors (Lipinski definition) is 4. The van der Waals surface area contributed by atoms with Crippen molar-refractivity contribution in [3.63, 3.8) is 0 Å². The van der Waals surface area contributed by atoms with Gasteiger partial charge in [0.2, 0.25) is 10.0 Å². The second-order valence-corrected chi connectivity index (χ2v) is 8.51. The summed E-state index contributed by atoms with van der Waals surface area (Å²) < 4.78 is 31.7. The average Bonchev–Trinajstić information content (AvgIpc) is 2.74. The van der Waals surface area contributed by atoms with Gasteiger partial charge in [-0.15, -0.1) is 0 Å². The largest absolute Gasteiger partial charge is 0.497 e. The van der Waals surface area contributed by atoms with Crippen molar-refractivity contribution >= 4 is 39.1 Å². The van der Waals surface area contributed by atoms with E-state index < -0.39 is 10.0 Å². The number of methoxy groups -OCH3 is 1. The topological polar surface area (TPSA) is 61.9 Å². The van der Waals surface area contributed by atoms with Gasteiger partial charge < -0.3 is 15.0 Å². The van der Waals surface area contributed by atoms with Crippen LogP contribution >= 0.6 is 12.2 Å². The molecule has 1 aliphatic heterocycles. The zero-order valence-corrected chi connectivity index (χ0v) is 17.2. The van der Waals surface area contributed by atoms with Crippen LogP contribution in [0.4, 0.5) is 5.69 Å². The predicted molar refractivity (Wildman–Crippen MR) is 117 cm³/mol. The Morgan fingerprint density at radius 3 is 2.29 bits per heavy atom. The lowest BCUT2D eigenvalue weighted by Gasteiger charge is -2.35. The minimum absolute atomic E-state index is 0.395. The zero-order chi connectivity index (χ0) is 20.0. The third-order valence-corrected chi connectivity index (χ3v) is 6.38. The summed E-state index contributed by atoms with van der Waals surface area (Å²) >= 11 is 5.47. The first-order valence-electron chi connectivity index (χ1n) is 8.91. The second kappa shape index (κ2) is 9.18. The molecule has 0 atom stereocenters. The van der Waals surface area contributed by atoms with Gasteiger partial charge in [-0.3, -0.25) is 0 Å². The van der Waals surface area contributed by atoms with Gasteiger partial charge in [0.05, 0.1) is 7.11 Å². The number of rotatable bonds is 5. The number of nitrogens with zero attached hydrogens (tertiary/aromatic N) is 2. The van der Waals surface area contributed by atoms with Crippen LogP contribution in [-0.4, -0.2) is 56.0 Å². The number of nitrogens with one attached hydrogen (secondary N) is 1. The lowest BCUT2D eigenvalue weighted by atomic mass is 10.2. The van der Waals surface area contributed by atoms with Crippen LogP contribution in [0.5, 0.6) is 5.75 Å². The highest BCUT2D eigenvalue weighted by Gasteiger charge is 2.26. The van der Waals surface area contributed by atoms with Crippen molar-refractivity contribution in [1.29, 1.82) is 0 Å². The third kappa shape index (κ3) is 5.31. The Morgan fingerprint density at radius 1 is 1.04 bits per heavy atom. The average molecular weight is 418 g/mol. The van der Waals surface area contributed by atoms with E-state index in [1.165, 1.54) is 9.71 Å². The fourth-order valence-electron chi connectivity index (χ4n) is 2.84. The van der Waals surface area contributed by atoms with Gasteiger partial charge in [-0.25, -0.2) is 8.42 Å². The first-order valence-corrected chi connectivity index (χ1v) is 10.8. The molecule has 2 aromatic rings. The van der Waals surface area contributed by atoms with Gasteiger partial charge in [0.25, 0.3) is 0 Å². The number of benzene rings is 2. The summed E-state index contributed by atoms with van der Waals surface area (Å²) in [6.07, 6.45) is 1.62. The van der Waals surface area contributed by atoms with Crippen molar-refractivity contribution < 1.29 is 13.2 Å². The van der Waals surface area contributed by atoms with Crippen LogP contribution in [0.2, 0.25) is 0 Å². The number of thiocarbonyl (C=S) groups is 1. The van der Waals surface area contributed by atoms with Gasteiger partial charge in [0.1, 0.15) is 5.75 Å². The molecule has 1 N–H and O–H groups in total. The summed E-state index contributed by atoms with van der Waals surface area (Å²) in [6, 6.07) is 16.9. The standard InChI is InChI=1S/C20H23N3O3S2/c1-26-19-9-7-18(8-10-19)21-20(27)22-12-14-23(15-13-22)28(24,25)16-11-17-5-3-2-4-6-17/h2-11,16H,12-15H2,1H3,(H,21,27)/b16-11+. The molecule has 3 rings (SSSR count). The first-order chi connectivity index (χ1) is 13.5. The molecule has 148 valence electrons. The number of hydrogen-bond donors (Lipinski definition) is 1. The maximum Gasteiger partial charge on any atom is 0.236 e. The molecule has 1 fully saturated rings. The van der Waals surface area contributed by atoms with Crippen molar-refractivity contribution in [2.24, 2.45) is 0 Å². The van der Waals surface area contributed by atoms with Crippen LogP contribution < -0.4 is 10.1 Å². The molecule has 0 unspecified atom stereocenters. The Balaban J connectivity index is 1.54. The number of anilines is 1. The summed E-state index contributed by atoms with van der Waals surface area (Å²) in [4.78, 5) is 1.98. The predicted octanol–water partition coefficient (Wildman–Crippen LogP) is 3.01. The molecule has 0 radical (unpaired) electrons. The van der Waals surface area contributed by atoms with E-state index in [0.29, 0.717) is 31.3 Å². The van der Waals surface area contributed by atoms with Gasteiger partial charge in [0, 0.05) is 37.3 Å². The molecule has 0 aromatic heterocycles. The molecule has 0 spiro atoms. The van der Waals surface area contributed by atoms with Crippen molar-refractivity contribution in [2.45, 2.75) is 0 Å². The summed E-state index contributed by atoms with van der Waals surface area (Å²) in [5, 5.41) is 5.04. The van der Waals surface area contributed by atoms with E-state index in [9.17, 15) is 8.42 Å². The maximum atomic E-state index is 12.5. The van der Waals surface area contributed by atoms with Gasteiger partial charge in [-0.1, -0.05) is 30.3 Å². The van der Waals surface area contributed by atoms with Crippen molar-refractivity contribution in [2.75, 3.05) is 38.6 Å². The van der Waals surface area contributed by atoms with E-state index in [1.807, 2.05) is 59.5 Å². The van der Waals surface area contributed by atoms with Crippen LogP contribution in [0.3, 0.4) is 0 Å². The Kier molecular flexibility index (Phi) is 6.66. The van der Waals surface area contributed by atoms with Gasteiger partial charge in [-0.05, 0) is 48.1 Å². The summed E-state index contributed by atoms with van der Waals surface area (Å²) in [5.74, 6) is 0.777. The molecular formula is C20H23N3O3S2. The number of ether oxygens (including phenoxy) is 1. The molecule has 1 aliphatic rings. The minimum atomic E-state index is -3.45. The van der Waals surface area contributed by atoms with Gasteiger partial charge in [-0.2, -0.15) is 4.31 Å². The molecule has 0 bridgehead atoms. The Hall–Kier alpha value is -2.42. The third-order valence-electron chi connectivity index (χ3n) is 4.46. The van der Waals surface area contributed by atoms with Gasteiger partial charge in [0.15, 0.2) is 5.11 Å². The highest BCUT2D eigenvalue weighted by Crippen LogP contribution is 2.17. The van der Waals surface area contributed by atoms with E-state index in [-0.39, 0.29) is 0 Å². The summed E-state index contributed by atoms with van der Waals surface area (Å²) in [6.45, 7) is 1.87. The van der Waals surface area contributed by atoms with Crippen LogP contribution in [0.15, 0.2) is 60.0 Å².